The number of fused-ring (bicyclic) bond motifs is 3. The SMILES string of the molecule is COc1nc2c(nc1C#N)C(O)C1=CC=CCC12. The average molecular weight is 241 g/mol. The summed E-state index contributed by atoms with van der Waals surface area (Å²) in [4.78, 5) is 8.52. The minimum Gasteiger partial charge on any atom is -0.479 e. The Bertz CT molecular complexity index is 613. The molecule has 3 rings (SSSR count). The fourth-order valence-corrected chi connectivity index (χ4v) is 2.47. The standard InChI is InChI=1S/C13H11N3O2/c1-18-13-9(6-14)15-11-10(16-13)7-4-2-3-5-8(7)12(11)17/h2-3,5,7,12,17H,4H2,1H3. The second kappa shape index (κ2) is 3.93. The molecule has 0 radical (unpaired) electrons. The number of aliphatic hydroxyl groups excluding tert-OH is 1. The number of allylic oxidation sites excluding steroid dienone is 3. The Morgan fingerprint density at radius 3 is 3.00 bits per heavy atom. The van der Waals surface area contributed by atoms with Crippen molar-refractivity contribution in [3.8, 4) is 11.9 Å². The van der Waals surface area contributed by atoms with Crippen LogP contribution in [-0.4, -0.2) is 22.2 Å². The molecule has 1 aromatic rings. The quantitative estimate of drug-likeness (QED) is 0.803. The molecule has 18 heavy (non-hydrogen) atoms. The molecule has 2 atom stereocenters. The molecule has 0 amide bonds. The van der Waals surface area contributed by atoms with Crippen molar-refractivity contribution in [3.05, 3.63) is 40.9 Å². The van der Waals surface area contributed by atoms with Gasteiger partial charge in [-0.05, 0) is 12.0 Å². The molecule has 5 nitrogen and oxygen atoms in total. The van der Waals surface area contributed by atoms with Gasteiger partial charge in [-0.25, -0.2) is 9.97 Å². The predicted molar refractivity (Wildman–Crippen MR) is 62.8 cm³/mol. The first-order valence-corrected chi connectivity index (χ1v) is 5.67. The zero-order chi connectivity index (χ0) is 12.7. The Kier molecular flexibility index (Phi) is 2.39. The highest BCUT2D eigenvalue weighted by Gasteiger charge is 2.38. The van der Waals surface area contributed by atoms with Crippen LogP contribution in [0.4, 0.5) is 0 Å². The van der Waals surface area contributed by atoms with E-state index in [1.54, 1.807) is 0 Å². The first-order valence-electron chi connectivity index (χ1n) is 5.67. The topological polar surface area (TPSA) is 79.0 Å². The summed E-state index contributed by atoms with van der Waals surface area (Å²) < 4.78 is 5.06. The van der Waals surface area contributed by atoms with E-state index in [4.69, 9.17) is 10.00 Å². The molecule has 0 bridgehead atoms. The number of nitrogens with zero attached hydrogens (tertiary/aromatic N) is 3. The Morgan fingerprint density at radius 2 is 2.28 bits per heavy atom. The molecule has 1 N–H and O–H groups in total. The highest BCUT2D eigenvalue weighted by atomic mass is 16.5. The van der Waals surface area contributed by atoms with Crippen molar-refractivity contribution in [2.75, 3.05) is 7.11 Å². The van der Waals surface area contributed by atoms with Crippen LogP contribution >= 0.6 is 0 Å². The Labute approximate surface area is 104 Å². The molecular weight excluding hydrogens is 230 g/mol. The van der Waals surface area contributed by atoms with Crippen LogP contribution in [0.5, 0.6) is 5.88 Å². The first-order chi connectivity index (χ1) is 8.76. The maximum atomic E-state index is 10.2. The number of hydrogen-bond donors (Lipinski definition) is 1. The van der Waals surface area contributed by atoms with Crippen LogP contribution in [-0.2, 0) is 0 Å². The molecule has 0 saturated heterocycles. The molecule has 0 aromatic carbocycles. The number of methoxy groups -OCH3 is 1. The predicted octanol–water partition coefficient (Wildman–Crippen LogP) is 1.37. The van der Waals surface area contributed by atoms with E-state index < -0.39 is 6.10 Å². The van der Waals surface area contributed by atoms with Gasteiger partial charge in [-0.15, -0.1) is 0 Å². The lowest BCUT2D eigenvalue weighted by Gasteiger charge is -2.14. The van der Waals surface area contributed by atoms with E-state index in [1.165, 1.54) is 7.11 Å². The minimum absolute atomic E-state index is 0.0501. The molecule has 0 fully saturated rings. The van der Waals surface area contributed by atoms with E-state index in [2.05, 4.69) is 9.97 Å². The van der Waals surface area contributed by atoms with Crippen LogP contribution in [0, 0.1) is 11.3 Å². The van der Waals surface area contributed by atoms with Gasteiger partial charge in [-0.3, -0.25) is 0 Å². The van der Waals surface area contributed by atoms with E-state index in [1.807, 2.05) is 24.3 Å². The van der Waals surface area contributed by atoms with Gasteiger partial charge in [0.1, 0.15) is 12.2 Å². The van der Waals surface area contributed by atoms with Gasteiger partial charge in [0.25, 0.3) is 5.88 Å². The third-order valence-electron chi connectivity index (χ3n) is 3.32. The highest BCUT2D eigenvalue weighted by molar-refractivity contribution is 5.48. The molecule has 0 saturated carbocycles. The maximum absolute atomic E-state index is 10.2. The van der Waals surface area contributed by atoms with E-state index >= 15 is 0 Å². The number of ether oxygens (including phenoxy) is 1. The lowest BCUT2D eigenvalue weighted by Crippen LogP contribution is -2.04. The van der Waals surface area contributed by atoms with Crippen LogP contribution in [0.25, 0.3) is 0 Å². The molecular formula is C13H11N3O2. The number of hydrogen-bond acceptors (Lipinski definition) is 5. The number of nitriles is 1. The fraction of sp³-hybridized carbons (Fsp3) is 0.308. The zero-order valence-electron chi connectivity index (χ0n) is 9.79. The van der Waals surface area contributed by atoms with Crippen molar-refractivity contribution in [3.63, 3.8) is 0 Å². The molecule has 90 valence electrons. The molecule has 2 aliphatic rings. The summed E-state index contributed by atoms with van der Waals surface area (Å²) in [5.41, 5.74) is 2.20. The van der Waals surface area contributed by atoms with E-state index in [0.717, 1.165) is 12.0 Å². The van der Waals surface area contributed by atoms with E-state index in [0.29, 0.717) is 11.4 Å². The van der Waals surface area contributed by atoms with Crippen molar-refractivity contribution in [2.24, 2.45) is 0 Å². The van der Waals surface area contributed by atoms with E-state index in [9.17, 15) is 5.11 Å². The molecule has 2 unspecified atom stereocenters. The Morgan fingerprint density at radius 1 is 1.44 bits per heavy atom. The van der Waals surface area contributed by atoms with Gasteiger partial charge >= 0.3 is 0 Å². The van der Waals surface area contributed by atoms with Gasteiger partial charge in [-0.2, -0.15) is 5.26 Å². The van der Waals surface area contributed by atoms with Crippen LogP contribution < -0.4 is 4.74 Å². The number of aliphatic hydroxyl groups is 1. The van der Waals surface area contributed by atoms with Gasteiger partial charge in [0, 0.05) is 5.92 Å². The van der Waals surface area contributed by atoms with Gasteiger partial charge in [0.2, 0.25) is 5.69 Å². The van der Waals surface area contributed by atoms with Crippen molar-refractivity contribution >= 4 is 0 Å². The zero-order valence-corrected chi connectivity index (χ0v) is 9.79. The van der Waals surface area contributed by atoms with Gasteiger partial charge in [0.15, 0.2) is 0 Å². The number of aromatic nitrogens is 2. The maximum Gasteiger partial charge on any atom is 0.251 e. The summed E-state index contributed by atoms with van der Waals surface area (Å²) >= 11 is 0. The Hall–Kier alpha value is -2.19. The van der Waals surface area contributed by atoms with Gasteiger partial charge in [-0.1, -0.05) is 18.2 Å². The minimum atomic E-state index is -0.763. The number of rotatable bonds is 1. The molecule has 1 aromatic heterocycles. The van der Waals surface area contributed by atoms with E-state index in [-0.39, 0.29) is 17.5 Å². The third kappa shape index (κ3) is 1.36. The summed E-state index contributed by atoms with van der Waals surface area (Å²) in [6, 6.07) is 1.93. The van der Waals surface area contributed by atoms with Crippen molar-refractivity contribution in [1.82, 2.24) is 9.97 Å². The molecule has 5 heteroatoms. The smallest absolute Gasteiger partial charge is 0.251 e. The highest BCUT2D eigenvalue weighted by Crippen LogP contribution is 2.46. The normalized spacial score (nSPS) is 23.9. The Balaban J connectivity index is 2.19. The van der Waals surface area contributed by atoms with Crippen LogP contribution in [0.15, 0.2) is 23.8 Å². The lowest BCUT2D eigenvalue weighted by atomic mass is 9.93. The lowest BCUT2D eigenvalue weighted by molar-refractivity contribution is 0.213. The third-order valence-corrected chi connectivity index (χ3v) is 3.32. The van der Waals surface area contributed by atoms with Crippen LogP contribution in [0.1, 0.15) is 35.5 Å². The van der Waals surface area contributed by atoms with Gasteiger partial charge in [0.05, 0.1) is 18.5 Å². The van der Waals surface area contributed by atoms with Crippen molar-refractivity contribution in [2.45, 2.75) is 18.4 Å². The summed E-state index contributed by atoms with van der Waals surface area (Å²) in [6.07, 6.45) is 5.87. The fourth-order valence-electron chi connectivity index (χ4n) is 2.47. The molecule has 0 spiro atoms. The van der Waals surface area contributed by atoms with Gasteiger partial charge < -0.3 is 9.84 Å². The van der Waals surface area contributed by atoms with Crippen LogP contribution in [0.3, 0.4) is 0 Å². The molecule has 2 aliphatic carbocycles. The monoisotopic (exact) mass is 241 g/mol. The summed E-state index contributed by atoms with van der Waals surface area (Å²) in [6.45, 7) is 0. The van der Waals surface area contributed by atoms with Crippen LogP contribution in [0.2, 0.25) is 0 Å². The largest absolute Gasteiger partial charge is 0.479 e. The average Bonchev–Trinajstić information content (AvgIpc) is 2.71. The van der Waals surface area contributed by atoms with Crippen molar-refractivity contribution in [1.29, 1.82) is 5.26 Å². The summed E-state index contributed by atoms with van der Waals surface area (Å²) in [7, 11) is 1.46. The summed E-state index contributed by atoms with van der Waals surface area (Å²) in [5.74, 6) is 0.272. The second-order valence-electron chi connectivity index (χ2n) is 4.25. The first kappa shape index (κ1) is 10.9. The van der Waals surface area contributed by atoms with Crippen molar-refractivity contribution < 1.29 is 9.84 Å². The second-order valence-corrected chi connectivity index (χ2v) is 4.25. The summed E-state index contributed by atoms with van der Waals surface area (Å²) in [5, 5.41) is 19.2. The molecule has 1 heterocycles. The molecule has 0 aliphatic heterocycles.